The second kappa shape index (κ2) is 5.31. The van der Waals surface area contributed by atoms with Crippen LogP contribution >= 0.6 is 0 Å². The van der Waals surface area contributed by atoms with Crippen LogP contribution in [0.5, 0.6) is 0 Å². The zero-order valence-electron chi connectivity index (χ0n) is 10.5. The lowest BCUT2D eigenvalue weighted by Crippen LogP contribution is -2.38. The number of aromatic nitrogens is 2. The zero-order valence-corrected chi connectivity index (χ0v) is 10.5. The molecule has 0 aromatic carbocycles. The van der Waals surface area contributed by atoms with E-state index in [4.69, 9.17) is 0 Å². The van der Waals surface area contributed by atoms with Crippen molar-refractivity contribution in [3.05, 3.63) is 17.5 Å². The standard InChI is InChI=1S/C12H20N4O/c1-9-11(8-16(2)15-9)12(17)14-7-10-4-3-5-13-6-10/h8,10,13H,3-7H2,1-2H3,(H,14,17). The Balaban J connectivity index is 1.86. The van der Waals surface area contributed by atoms with E-state index >= 15 is 0 Å². The number of hydrogen-bond acceptors (Lipinski definition) is 3. The van der Waals surface area contributed by atoms with Gasteiger partial charge >= 0.3 is 0 Å². The molecule has 1 amide bonds. The molecule has 1 atom stereocenters. The van der Waals surface area contributed by atoms with Gasteiger partial charge in [-0.05, 0) is 38.8 Å². The van der Waals surface area contributed by atoms with E-state index in [0.29, 0.717) is 11.5 Å². The van der Waals surface area contributed by atoms with Crippen molar-refractivity contribution in [1.29, 1.82) is 0 Å². The highest BCUT2D eigenvalue weighted by molar-refractivity contribution is 5.94. The van der Waals surface area contributed by atoms with Crippen molar-refractivity contribution in [2.45, 2.75) is 19.8 Å². The first-order chi connectivity index (χ1) is 8.16. The molecule has 2 N–H and O–H groups in total. The number of piperidine rings is 1. The fourth-order valence-corrected chi connectivity index (χ4v) is 2.25. The number of nitrogens with zero attached hydrogens (tertiary/aromatic N) is 2. The van der Waals surface area contributed by atoms with Crippen LogP contribution in [0.4, 0.5) is 0 Å². The molecule has 1 aromatic heterocycles. The SMILES string of the molecule is Cc1nn(C)cc1C(=O)NCC1CCCNC1. The van der Waals surface area contributed by atoms with Crippen LogP contribution in [0.3, 0.4) is 0 Å². The van der Waals surface area contributed by atoms with Crippen molar-refractivity contribution in [1.82, 2.24) is 20.4 Å². The third kappa shape index (κ3) is 3.06. The topological polar surface area (TPSA) is 59.0 Å². The molecule has 2 rings (SSSR count). The molecule has 1 fully saturated rings. The average Bonchev–Trinajstić information content (AvgIpc) is 2.67. The van der Waals surface area contributed by atoms with Gasteiger partial charge in [-0.1, -0.05) is 0 Å². The lowest BCUT2D eigenvalue weighted by Gasteiger charge is -2.22. The Labute approximate surface area is 102 Å². The van der Waals surface area contributed by atoms with Crippen LogP contribution in [-0.2, 0) is 7.05 Å². The number of carbonyl (C=O) groups excluding carboxylic acids is 1. The Morgan fingerprint density at radius 2 is 2.53 bits per heavy atom. The minimum absolute atomic E-state index is 0.0128. The molecule has 0 aliphatic carbocycles. The largest absolute Gasteiger partial charge is 0.352 e. The van der Waals surface area contributed by atoms with Crippen LogP contribution in [-0.4, -0.2) is 35.3 Å². The van der Waals surface area contributed by atoms with Crippen LogP contribution in [0.15, 0.2) is 6.20 Å². The van der Waals surface area contributed by atoms with E-state index in [1.165, 1.54) is 12.8 Å². The molecule has 5 nitrogen and oxygen atoms in total. The summed E-state index contributed by atoms with van der Waals surface area (Å²) in [5.41, 5.74) is 1.46. The summed E-state index contributed by atoms with van der Waals surface area (Å²) in [5.74, 6) is 0.547. The van der Waals surface area contributed by atoms with Gasteiger partial charge in [0.25, 0.3) is 5.91 Å². The molecule has 0 radical (unpaired) electrons. The van der Waals surface area contributed by atoms with E-state index in [1.54, 1.807) is 10.9 Å². The van der Waals surface area contributed by atoms with Gasteiger partial charge < -0.3 is 10.6 Å². The van der Waals surface area contributed by atoms with E-state index in [2.05, 4.69) is 15.7 Å². The van der Waals surface area contributed by atoms with Gasteiger partial charge in [-0.15, -0.1) is 0 Å². The number of amides is 1. The van der Waals surface area contributed by atoms with E-state index in [-0.39, 0.29) is 5.91 Å². The lowest BCUT2D eigenvalue weighted by atomic mass is 10.00. The zero-order chi connectivity index (χ0) is 12.3. The molecule has 0 saturated carbocycles. The summed E-state index contributed by atoms with van der Waals surface area (Å²) in [4.78, 5) is 11.9. The Kier molecular flexibility index (Phi) is 3.78. The van der Waals surface area contributed by atoms with Gasteiger partial charge in [-0.25, -0.2) is 0 Å². The molecular formula is C12H20N4O. The highest BCUT2D eigenvalue weighted by Crippen LogP contribution is 2.09. The first-order valence-electron chi connectivity index (χ1n) is 6.16. The smallest absolute Gasteiger partial charge is 0.254 e. The lowest BCUT2D eigenvalue weighted by molar-refractivity contribution is 0.0944. The monoisotopic (exact) mass is 236 g/mol. The molecule has 94 valence electrons. The fourth-order valence-electron chi connectivity index (χ4n) is 2.25. The van der Waals surface area contributed by atoms with Crippen molar-refractivity contribution in [3.8, 4) is 0 Å². The summed E-state index contributed by atoms with van der Waals surface area (Å²) in [5, 5.41) is 10.5. The summed E-state index contributed by atoms with van der Waals surface area (Å²) >= 11 is 0. The van der Waals surface area contributed by atoms with E-state index in [0.717, 1.165) is 25.3 Å². The Hall–Kier alpha value is -1.36. The van der Waals surface area contributed by atoms with Crippen LogP contribution in [0, 0.1) is 12.8 Å². The maximum atomic E-state index is 11.9. The average molecular weight is 236 g/mol. The van der Waals surface area contributed by atoms with Crippen LogP contribution in [0.1, 0.15) is 28.9 Å². The summed E-state index contributed by atoms with van der Waals surface area (Å²) < 4.78 is 1.67. The molecule has 5 heteroatoms. The fraction of sp³-hybridized carbons (Fsp3) is 0.667. The van der Waals surface area contributed by atoms with Crippen molar-refractivity contribution < 1.29 is 4.79 Å². The molecular weight excluding hydrogens is 216 g/mol. The third-order valence-corrected chi connectivity index (χ3v) is 3.21. The predicted octanol–water partition coefficient (Wildman–Crippen LogP) is 0.458. The normalized spacial score (nSPS) is 20.2. The third-order valence-electron chi connectivity index (χ3n) is 3.21. The highest BCUT2D eigenvalue weighted by Gasteiger charge is 2.16. The molecule has 1 saturated heterocycles. The van der Waals surface area contributed by atoms with E-state index < -0.39 is 0 Å². The van der Waals surface area contributed by atoms with Crippen molar-refractivity contribution >= 4 is 5.91 Å². The number of aryl methyl sites for hydroxylation is 2. The van der Waals surface area contributed by atoms with Crippen molar-refractivity contribution in [2.75, 3.05) is 19.6 Å². The van der Waals surface area contributed by atoms with Gasteiger partial charge in [0.1, 0.15) is 0 Å². The summed E-state index contributed by atoms with van der Waals surface area (Å²) in [6, 6.07) is 0. The number of hydrogen-bond donors (Lipinski definition) is 2. The minimum Gasteiger partial charge on any atom is -0.352 e. The van der Waals surface area contributed by atoms with E-state index in [1.807, 2.05) is 14.0 Å². The maximum absolute atomic E-state index is 11.9. The molecule has 0 spiro atoms. The van der Waals surface area contributed by atoms with E-state index in [9.17, 15) is 4.79 Å². The minimum atomic E-state index is -0.0128. The first kappa shape index (κ1) is 12.1. The molecule has 0 bridgehead atoms. The first-order valence-corrected chi connectivity index (χ1v) is 6.16. The number of nitrogens with one attached hydrogen (secondary N) is 2. The molecule has 1 aliphatic heterocycles. The second-order valence-corrected chi connectivity index (χ2v) is 4.72. The van der Waals surface area contributed by atoms with Crippen LogP contribution in [0.25, 0.3) is 0 Å². The van der Waals surface area contributed by atoms with Crippen LogP contribution < -0.4 is 10.6 Å². The van der Waals surface area contributed by atoms with Crippen molar-refractivity contribution in [3.63, 3.8) is 0 Å². The number of rotatable bonds is 3. The van der Waals surface area contributed by atoms with Gasteiger partial charge in [0.15, 0.2) is 0 Å². The molecule has 17 heavy (non-hydrogen) atoms. The van der Waals surface area contributed by atoms with Gasteiger partial charge in [0.05, 0.1) is 11.3 Å². The van der Waals surface area contributed by atoms with Gasteiger partial charge in [-0.3, -0.25) is 9.48 Å². The van der Waals surface area contributed by atoms with Crippen molar-refractivity contribution in [2.24, 2.45) is 13.0 Å². The molecule has 2 heterocycles. The van der Waals surface area contributed by atoms with Gasteiger partial charge in [0, 0.05) is 19.8 Å². The summed E-state index contributed by atoms with van der Waals surface area (Å²) in [6.07, 6.45) is 4.16. The molecule has 1 unspecified atom stereocenters. The van der Waals surface area contributed by atoms with Gasteiger partial charge in [0.2, 0.25) is 0 Å². The quantitative estimate of drug-likeness (QED) is 0.801. The maximum Gasteiger partial charge on any atom is 0.254 e. The van der Waals surface area contributed by atoms with Gasteiger partial charge in [-0.2, -0.15) is 5.10 Å². The number of carbonyl (C=O) groups is 1. The second-order valence-electron chi connectivity index (χ2n) is 4.72. The Morgan fingerprint density at radius 1 is 1.71 bits per heavy atom. The molecule has 1 aliphatic rings. The Morgan fingerprint density at radius 3 is 3.12 bits per heavy atom. The predicted molar refractivity (Wildman–Crippen MR) is 65.9 cm³/mol. The highest BCUT2D eigenvalue weighted by atomic mass is 16.1. The summed E-state index contributed by atoms with van der Waals surface area (Å²) in [7, 11) is 1.83. The summed E-state index contributed by atoms with van der Waals surface area (Å²) in [6.45, 7) is 4.72. The Bertz CT molecular complexity index is 393. The molecule has 1 aromatic rings. The van der Waals surface area contributed by atoms with Crippen LogP contribution in [0.2, 0.25) is 0 Å².